The van der Waals surface area contributed by atoms with Gasteiger partial charge in [-0.25, -0.2) is 0 Å². The van der Waals surface area contributed by atoms with E-state index >= 15 is 0 Å². The Kier molecular flexibility index (Phi) is 3.17. The zero-order valence-corrected chi connectivity index (χ0v) is 11.7. The average Bonchev–Trinajstić information content (AvgIpc) is 2.42. The first-order chi connectivity index (χ1) is 9.24. The van der Waals surface area contributed by atoms with Crippen LogP contribution in [0.1, 0.15) is 5.56 Å². The number of nitrogens with zero attached hydrogens (tertiary/aromatic N) is 2. The van der Waals surface area contributed by atoms with Crippen LogP contribution in [0.3, 0.4) is 0 Å². The van der Waals surface area contributed by atoms with Crippen LogP contribution < -0.4 is 5.56 Å². The molecule has 0 aliphatic carbocycles. The minimum atomic E-state index is -0.00123. The van der Waals surface area contributed by atoms with Crippen molar-refractivity contribution in [2.45, 2.75) is 6.54 Å². The first-order valence-electron chi connectivity index (χ1n) is 5.92. The lowest BCUT2D eigenvalue weighted by molar-refractivity contribution is 0.790. The number of hydrogen-bond acceptors (Lipinski definition) is 2. The van der Waals surface area contributed by atoms with Crippen LogP contribution >= 0.6 is 15.9 Å². The van der Waals surface area contributed by atoms with Gasteiger partial charge in [0.05, 0.1) is 12.1 Å². The molecule has 3 rings (SSSR count). The van der Waals surface area contributed by atoms with E-state index in [0.29, 0.717) is 6.54 Å². The summed E-state index contributed by atoms with van der Waals surface area (Å²) in [6, 6.07) is 13.3. The summed E-state index contributed by atoms with van der Waals surface area (Å²) in [5.41, 5.74) is 1.93. The monoisotopic (exact) mass is 314 g/mol. The van der Waals surface area contributed by atoms with Crippen molar-refractivity contribution in [1.82, 2.24) is 9.55 Å². The normalized spacial score (nSPS) is 10.8. The van der Waals surface area contributed by atoms with Gasteiger partial charge in [-0.3, -0.25) is 9.78 Å². The van der Waals surface area contributed by atoms with E-state index in [9.17, 15) is 4.79 Å². The molecule has 0 N–H and O–H groups in total. The first-order valence-corrected chi connectivity index (χ1v) is 6.71. The number of rotatable bonds is 2. The van der Waals surface area contributed by atoms with E-state index in [0.717, 1.165) is 20.9 Å². The van der Waals surface area contributed by atoms with Crippen LogP contribution in [0.25, 0.3) is 10.9 Å². The van der Waals surface area contributed by atoms with E-state index in [4.69, 9.17) is 0 Å². The molecule has 2 aromatic heterocycles. The Morgan fingerprint density at radius 2 is 1.95 bits per heavy atom. The van der Waals surface area contributed by atoms with Crippen LogP contribution in [0.2, 0.25) is 0 Å². The second-order valence-electron chi connectivity index (χ2n) is 4.33. The second kappa shape index (κ2) is 4.97. The Morgan fingerprint density at radius 3 is 2.79 bits per heavy atom. The molecule has 1 aromatic carbocycles. The van der Waals surface area contributed by atoms with E-state index in [2.05, 4.69) is 20.9 Å². The summed E-state index contributed by atoms with van der Waals surface area (Å²) in [5, 5.41) is 1.06. The predicted octanol–water partition coefficient (Wildman–Crippen LogP) is 3.21. The van der Waals surface area contributed by atoms with Crippen molar-refractivity contribution in [3.8, 4) is 0 Å². The summed E-state index contributed by atoms with van der Waals surface area (Å²) < 4.78 is 2.68. The van der Waals surface area contributed by atoms with E-state index in [1.54, 1.807) is 23.0 Å². The molecule has 0 amide bonds. The Labute approximate surface area is 118 Å². The third kappa shape index (κ3) is 2.44. The van der Waals surface area contributed by atoms with Crippen molar-refractivity contribution in [3.63, 3.8) is 0 Å². The summed E-state index contributed by atoms with van der Waals surface area (Å²) in [6.45, 7) is 0.520. The lowest BCUT2D eigenvalue weighted by Crippen LogP contribution is -2.19. The SMILES string of the molecule is O=c1ccc2ccccc2n1Cc1cncc(Br)c1. The molecule has 3 nitrogen and oxygen atoms in total. The van der Waals surface area contributed by atoms with Gasteiger partial charge in [-0.15, -0.1) is 0 Å². The van der Waals surface area contributed by atoms with Gasteiger partial charge in [0.2, 0.25) is 0 Å². The van der Waals surface area contributed by atoms with Crippen LogP contribution in [0.15, 0.2) is 64.1 Å². The molecule has 0 saturated carbocycles. The van der Waals surface area contributed by atoms with Crippen LogP contribution in [0.4, 0.5) is 0 Å². The number of hydrogen-bond donors (Lipinski definition) is 0. The molecule has 0 radical (unpaired) electrons. The van der Waals surface area contributed by atoms with Crippen LogP contribution in [0, 0.1) is 0 Å². The molecule has 2 heterocycles. The van der Waals surface area contributed by atoms with E-state index < -0.39 is 0 Å². The van der Waals surface area contributed by atoms with E-state index in [-0.39, 0.29) is 5.56 Å². The summed E-state index contributed by atoms with van der Waals surface area (Å²) in [7, 11) is 0. The smallest absolute Gasteiger partial charge is 0.251 e. The highest BCUT2D eigenvalue weighted by atomic mass is 79.9. The summed E-state index contributed by atoms with van der Waals surface area (Å²) in [4.78, 5) is 16.2. The highest BCUT2D eigenvalue weighted by Crippen LogP contribution is 2.14. The van der Waals surface area contributed by atoms with Crippen molar-refractivity contribution in [2.75, 3.05) is 0 Å². The quantitative estimate of drug-likeness (QED) is 0.728. The molecule has 0 aliphatic heterocycles. The van der Waals surface area contributed by atoms with Crippen LogP contribution in [-0.4, -0.2) is 9.55 Å². The van der Waals surface area contributed by atoms with E-state index in [1.807, 2.05) is 36.4 Å². The fourth-order valence-electron chi connectivity index (χ4n) is 2.13. The second-order valence-corrected chi connectivity index (χ2v) is 5.24. The van der Waals surface area contributed by atoms with Crippen molar-refractivity contribution in [2.24, 2.45) is 0 Å². The Hall–Kier alpha value is -1.94. The highest BCUT2D eigenvalue weighted by Gasteiger charge is 2.04. The molecule has 0 bridgehead atoms. The van der Waals surface area contributed by atoms with Gasteiger partial charge in [-0.2, -0.15) is 0 Å². The van der Waals surface area contributed by atoms with Crippen molar-refractivity contribution in [3.05, 3.63) is 75.2 Å². The van der Waals surface area contributed by atoms with Crippen molar-refractivity contribution < 1.29 is 0 Å². The van der Waals surface area contributed by atoms with Gasteiger partial charge in [0.1, 0.15) is 0 Å². The summed E-state index contributed by atoms with van der Waals surface area (Å²) in [6.07, 6.45) is 3.51. The number of fused-ring (bicyclic) bond motifs is 1. The largest absolute Gasteiger partial charge is 0.304 e. The summed E-state index contributed by atoms with van der Waals surface area (Å²) >= 11 is 3.39. The number of pyridine rings is 2. The fourth-order valence-corrected chi connectivity index (χ4v) is 2.54. The lowest BCUT2D eigenvalue weighted by atomic mass is 10.2. The molecule has 19 heavy (non-hydrogen) atoms. The van der Waals surface area contributed by atoms with Gasteiger partial charge in [0, 0.05) is 22.9 Å². The van der Waals surface area contributed by atoms with Gasteiger partial charge >= 0.3 is 0 Å². The molecule has 0 saturated heterocycles. The molecule has 94 valence electrons. The van der Waals surface area contributed by atoms with E-state index in [1.165, 1.54) is 0 Å². The summed E-state index contributed by atoms with van der Waals surface area (Å²) in [5.74, 6) is 0. The van der Waals surface area contributed by atoms with Crippen molar-refractivity contribution >= 4 is 26.8 Å². The van der Waals surface area contributed by atoms with Gasteiger partial charge in [0.15, 0.2) is 0 Å². The number of aromatic nitrogens is 2. The molecule has 0 aliphatic rings. The maximum atomic E-state index is 12.1. The average molecular weight is 315 g/mol. The molecule has 0 atom stereocenters. The highest BCUT2D eigenvalue weighted by molar-refractivity contribution is 9.10. The third-order valence-electron chi connectivity index (χ3n) is 3.00. The minimum absolute atomic E-state index is 0.00123. The molecular formula is C15H11BrN2O. The zero-order chi connectivity index (χ0) is 13.2. The van der Waals surface area contributed by atoms with Crippen molar-refractivity contribution in [1.29, 1.82) is 0 Å². The molecule has 3 aromatic rings. The molecule has 4 heteroatoms. The predicted molar refractivity (Wildman–Crippen MR) is 79.2 cm³/mol. The molecule has 0 unspecified atom stereocenters. The number of benzene rings is 1. The van der Waals surface area contributed by atoms with Gasteiger partial charge in [-0.1, -0.05) is 18.2 Å². The number of halogens is 1. The first kappa shape index (κ1) is 12.1. The lowest BCUT2D eigenvalue weighted by Gasteiger charge is -2.10. The van der Waals surface area contributed by atoms with Gasteiger partial charge < -0.3 is 4.57 Å². The Balaban J connectivity index is 2.14. The molecule has 0 spiro atoms. The molecular weight excluding hydrogens is 304 g/mol. The van der Waals surface area contributed by atoms with Crippen LogP contribution in [0.5, 0.6) is 0 Å². The van der Waals surface area contributed by atoms with Crippen LogP contribution in [-0.2, 0) is 6.54 Å². The Bertz CT molecular complexity index is 795. The topological polar surface area (TPSA) is 34.9 Å². The van der Waals surface area contributed by atoms with Gasteiger partial charge in [-0.05, 0) is 45.1 Å². The maximum Gasteiger partial charge on any atom is 0.251 e. The molecule has 0 fully saturated rings. The fraction of sp³-hybridized carbons (Fsp3) is 0.0667. The zero-order valence-electron chi connectivity index (χ0n) is 10.1. The van der Waals surface area contributed by atoms with Gasteiger partial charge in [0.25, 0.3) is 5.56 Å². The maximum absolute atomic E-state index is 12.1. The standard InChI is InChI=1S/C15H11BrN2O/c16-13-7-11(8-17-9-13)10-18-14-4-2-1-3-12(14)5-6-15(18)19/h1-9H,10H2. The Morgan fingerprint density at radius 1 is 1.11 bits per heavy atom. The minimum Gasteiger partial charge on any atom is -0.304 e. The number of para-hydroxylation sites is 1. The third-order valence-corrected chi connectivity index (χ3v) is 3.43.